The summed E-state index contributed by atoms with van der Waals surface area (Å²) in [5, 5.41) is 2.37. The molecule has 0 aliphatic carbocycles. The summed E-state index contributed by atoms with van der Waals surface area (Å²) in [5.74, 6) is -0.260. The van der Waals surface area contributed by atoms with Crippen molar-refractivity contribution in [2.45, 2.75) is 70.4 Å². The highest BCUT2D eigenvalue weighted by Gasteiger charge is 2.39. The third-order valence-electron chi connectivity index (χ3n) is 7.61. The van der Waals surface area contributed by atoms with Crippen molar-refractivity contribution in [3.05, 3.63) is 64.7 Å². The van der Waals surface area contributed by atoms with Gasteiger partial charge in [0.05, 0.1) is 0 Å². The van der Waals surface area contributed by atoms with E-state index in [1.165, 1.54) is 16.8 Å². The van der Waals surface area contributed by atoms with Crippen molar-refractivity contribution in [1.82, 2.24) is 10.2 Å². The molecular formula is C28H33N3O3. The van der Waals surface area contributed by atoms with Crippen LogP contribution in [0.2, 0.25) is 0 Å². The number of hydrogen-bond donors (Lipinski definition) is 1. The zero-order valence-electron chi connectivity index (χ0n) is 20.3. The Morgan fingerprint density at radius 3 is 2.26 bits per heavy atom. The molecule has 0 bridgehead atoms. The maximum Gasteiger partial charge on any atom is 0.255 e. The van der Waals surface area contributed by atoms with Crippen LogP contribution in [0.1, 0.15) is 79.4 Å². The van der Waals surface area contributed by atoms with E-state index in [4.69, 9.17) is 0 Å². The highest BCUT2D eigenvalue weighted by atomic mass is 16.2. The molecule has 178 valence electrons. The molecule has 3 amide bonds. The van der Waals surface area contributed by atoms with Crippen LogP contribution < -0.4 is 10.2 Å². The van der Waals surface area contributed by atoms with E-state index in [0.29, 0.717) is 24.4 Å². The number of anilines is 1. The SMILES string of the molecule is CC(C)(C)c1ccc(N2CCC(c3ccc4c(c3)CN(C3CCC(=O)NC3=O)C4=O)CC2)cc1. The number of hydrogen-bond acceptors (Lipinski definition) is 4. The van der Waals surface area contributed by atoms with E-state index in [-0.39, 0.29) is 29.6 Å². The summed E-state index contributed by atoms with van der Waals surface area (Å²) in [6.07, 6.45) is 2.82. The molecule has 6 heteroatoms. The maximum absolute atomic E-state index is 13.0. The molecule has 1 N–H and O–H groups in total. The summed E-state index contributed by atoms with van der Waals surface area (Å²) in [6.45, 7) is 9.17. The zero-order chi connectivity index (χ0) is 24.0. The van der Waals surface area contributed by atoms with Crippen LogP contribution in [0.15, 0.2) is 42.5 Å². The van der Waals surface area contributed by atoms with Gasteiger partial charge in [0, 0.05) is 37.3 Å². The molecule has 0 saturated carbocycles. The number of benzene rings is 2. The Morgan fingerprint density at radius 2 is 1.62 bits per heavy atom. The quantitative estimate of drug-likeness (QED) is 0.701. The van der Waals surface area contributed by atoms with Crippen LogP contribution in [0, 0.1) is 0 Å². The molecule has 0 spiro atoms. The summed E-state index contributed by atoms with van der Waals surface area (Å²) >= 11 is 0. The lowest BCUT2D eigenvalue weighted by atomic mass is 9.86. The third-order valence-corrected chi connectivity index (χ3v) is 7.61. The summed E-state index contributed by atoms with van der Waals surface area (Å²) in [4.78, 5) is 40.8. The van der Waals surface area contributed by atoms with Crippen LogP contribution in [-0.4, -0.2) is 41.8 Å². The fourth-order valence-electron chi connectivity index (χ4n) is 5.49. The number of rotatable bonds is 3. The highest BCUT2D eigenvalue weighted by Crippen LogP contribution is 2.35. The monoisotopic (exact) mass is 459 g/mol. The Labute approximate surface area is 201 Å². The lowest BCUT2D eigenvalue weighted by molar-refractivity contribution is -0.136. The first kappa shape index (κ1) is 22.6. The Bertz CT molecular complexity index is 1120. The van der Waals surface area contributed by atoms with Crippen LogP contribution in [-0.2, 0) is 21.5 Å². The van der Waals surface area contributed by atoms with E-state index in [2.05, 4.69) is 67.4 Å². The number of carbonyl (C=O) groups excluding carboxylic acids is 3. The number of piperidine rings is 2. The van der Waals surface area contributed by atoms with Crippen molar-refractivity contribution in [3.8, 4) is 0 Å². The minimum atomic E-state index is -0.561. The molecule has 1 atom stereocenters. The lowest BCUT2D eigenvalue weighted by Crippen LogP contribution is -2.52. The second kappa shape index (κ2) is 8.57. The molecule has 2 fully saturated rings. The Kier molecular flexibility index (Phi) is 5.70. The summed E-state index contributed by atoms with van der Waals surface area (Å²) in [7, 11) is 0. The van der Waals surface area contributed by atoms with Gasteiger partial charge in [-0.25, -0.2) is 0 Å². The maximum atomic E-state index is 13.0. The van der Waals surface area contributed by atoms with Crippen molar-refractivity contribution >= 4 is 23.4 Å². The van der Waals surface area contributed by atoms with E-state index >= 15 is 0 Å². The van der Waals surface area contributed by atoms with Crippen molar-refractivity contribution in [2.75, 3.05) is 18.0 Å². The van der Waals surface area contributed by atoms with Gasteiger partial charge in [-0.1, -0.05) is 45.0 Å². The van der Waals surface area contributed by atoms with Crippen molar-refractivity contribution < 1.29 is 14.4 Å². The van der Waals surface area contributed by atoms with Crippen molar-refractivity contribution in [1.29, 1.82) is 0 Å². The molecule has 3 aliphatic heterocycles. The van der Waals surface area contributed by atoms with Gasteiger partial charge < -0.3 is 9.80 Å². The molecule has 2 aromatic rings. The smallest absolute Gasteiger partial charge is 0.255 e. The molecule has 0 aromatic heterocycles. The number of fused-ring (bicyclic) bond motifs is 1. The first-order valence-corrected chi connectivity index (χ1v) is 12.3. The Balaban J connectivity index is 1.24. The number of imide groups is 1. The van der Waals surface area contributed by atoms with E-state index < -0.39 is 6.04 Å². The van der Waals surface area contributed by atoms with E-state index in [0.717, 1.165) is 31.5 Å². The molecule has 3 aliphatic rings. The number of nitrogens with one attached hydrogen (secondary N) is 1. The fraction of sp³-hybridized carbons (Fsp3) is 0.464. The van der Waals surface area contributed by atoms with E-state index in [1.54, 1.807) is 4.90 Å². The predicted octanol–water partition coefficient (Wildman–Crippen LogP) is 4.13. The van der Waals surface area contributed by atoms with Gasteiger partial charge >= 0.3 is 0 Å². The van der Waals surface area contributed by atoms with Gasteiger partial charge in [-0.05, 0) is 65.5 Å². The van der Waals surface area contributed by atoms with Crippen molar-refractivity contribution in [2.24, 2.45) is 0 Å². The molecule has 5 rings (SSSR count). The lowest BCUT2D eigenvalue weighted by Gasteiger charge is -2.34. The normalized spacial score (nSPS) is 21.6. The van der Waals surface area contributed by atoms with Gasteiger partial charge in [0.25, 0.3) is 5.91 Å². The standard InChI is InChI=1S/C28H33N3O3/c1-28(2,3)21-5-7-22(8-6-21)30-14-12-18(13-15-30)19-4-9-23-20(16-19)17-31(27(23)34)24-10-11-25(32)29-26(24)33/h4-9,16,18,24H,10-15,17H2,1-3H3,(H,29,32,33). The van der Waals surface area contributed by atoms with Crippen LogP contribution in [0.25, 0.3) is 0 Å². The highest BCUT2D eigenvalue weighted by molar-refractivity contribution is 6.05. The van der Waals surface area contributed by atoms with Gasteiger partial charge in [0.2, 0.25) is 11.8 Å². The van der Waals surface area contributed by atoms with Gasteiger partial charge in [-0.3, -0.25) is 19.7 Å². The summed E-state index contributed by atoms with van der Waals surface area (Å²) in [5.41, 5.74) is 5.75. The van der Waals surface area contributed by atoms with Crippen LogP contribution >= 0.6 is 0 Å². The van der Waals surface area contributed by atoms with Gasteiger partial charge in [0.15, 0.2) is 0 Å². The average Bonchev–Trinajstić information content (AvgIpc) is 3.14. The molecule has 34 heavy (non-hydrogen) atoms. The Hall–Kier alpha value is -3.15. The number of nitrogens with zero attached hydrogens (tertiary/aromatic N) is 2. The van der Waals surface area contributed by atoms with Crippen molar-refractivity contribution in [3.63, 3.8) is 0 Å². The first-order valence-electron chi connectivity index (χ1n) is 12.3. The minimum Gasteiger partial charge on any atom is -0.371 e. The largest absolute Gasteiger partial charge is 0.371 e. The molecule has 3 heterocycles. The topological polar surface area (TPSA) is 69.7 Å². The molecule has 2 saturated heterocycles. The number of amides is 3. The minimum absolute atomic E-state index is 0.107. The van der Waals surface area contributed by atoms with E-state index in [9.17, 15) is 14.4 Å². The van der Waals surface area contributed by atoms with Crippen LogP contribution in [0.5, 0.6) is 0 Å². The molecule has 1 unspecified atom stereocenters. The van der Waals surface area contributed by atoms with Gasteiger partial charge in [-0.15, -0.1) is 0 Å². The second-order valence-corrected chi connectivity index (χ2v) is 10.9. The Morgan fingerprint density at radius 1 is 0.912 bits per heavy atom. The summed E-state index contributed by atoms with van der Waals surface area (Å²) in [6, 6.07) is 14.6. The molecule has 0 radical (unpaired) electrons. The number of carbonyl (C=O) groups is 3. The van der Waals surface area contributed by atoms with E-state index in [1.807, 2.05) is 6.07 Å². The summed E-state index contributed by atoms with van der Waals surface area (Å²) < 4.78 is 0. The van der Waals surface area contributed by atoms with Crippen LogP contribution in [0.4, 0.5) is 5.69 Å². The predicted molar refractivity (Wildman–Crippen MR) is 132 cm³/mol. The van der Waals surface area contributed by atoms with Gasteiger partial charge in [-0.2, -0.15) is 0 Å². The molecule has 2 aromatic carbocycles. The van der Waals surface area contributed by atoms with Gasteiger partial charge in [0.1, 0.15) is 6.04 Å². The fourth-order valence-corrected chi connectivity index (χ4v) is 5.49. The second-order valence-electron chi connectivity index (χ2n) is 10.9. The average molecular weight is 460 g/mol. The third kappa shape index (κ3) is 4.22. The molecular weight excluding hydrogens is 426 g/mol. The zero-order valence-corrected chi connectivity index (χ0v) is 20.3. The first-order chi connectivity index (χ1) is 16.2. The molecule has 6 nitrogen and oxygen atoms in total. The van der Waals surface area contributed by atoms with Crippen LogP contribution in [0.3, 0.4) is 0 Å².